The molecule has 0 fully saturated rings. The number of aryl methyl sites for hydroxylation is 1. The molecule has 3 aromatic rings. The van der Waals surface area contributed by atoms with Crippen molar-refractivity contribution in [2.24, 2.45) is 13.0 Å². The van der Waals surface area contributed by atoms with Crippen LogP contribution in [0.1, 0.15) is 23.0 Å². The maximum absolute atomic E-state index is 13.3. The predicted octanol–water partition coefficient (Wildman–Crippen LogP) is 3.02. The van der Waals surface area contributed by atoms with Crippen LogP contribution in [0, 0.1) is 11.7 Å². The number of hydrogen-bond acceptors (Lipinski definition) is 3. The Balaban J connectivity index is 1.58. The van der Waals surface area contributed by atoms with Crippen LogP contribution in [-0.2, 0) is 18.3 Å². The number of nitrogens with zero attached hydrogens (tertiary/aromatic N) is 2. The van der Waals surface area contributed by atoms with Crippen LogP contribution in [0.25, 0.3) is 0 Å². The van der Waals surface area contributed by atoms with Crippen molar-refractivity contribution in [2.45, 2.75) is 12.5 Å². The molecule has 2 atom stereocenters. The molecule has 0 saturated carbocycles. The van der Waals surface area contributed by atoms with Gasteiger partial charge in [-0.2, -0.15) is 0 Å². The van der Waals surface area contributed by atoms with E-state index in [0.29, 0.717) is 18.9 Å². The van der Waals surface area contributed by atoms with E-state index in [0.717, 1.165) is 16.9 Å². The van der Waals surface area contributed by atoms with Crippen molar-refractivity contribution in [1.82, 2.24) is 14.9 Å². The van der Waals surface area contributed by atoms with Gasteiger partial charge in [-0.25, -0.2) is 9.37 Å². The number of nitrogens with one attached hydrogen (secondary N) is 1. The molecule has 27 heavy (non-hydrogen) atoms. The average Bonchev–Trinajstić information content (AvgIpc) is 3.12. The molecule has 2 heterocycles. The molecule has 6 heteroatoms. The molecule has 1 N–H and O–H groups in total. The number of carbonyl (C=O) groups is 1. The zero-order chi connectivity index (χ0) is 18.8. The van der Waals surface area contributed by atoms with Crippen LogP contribution in [0.2, 0.25) is 0 Å². The molecule has 5 nitrogen and oxygen atoms in total. The van der Waals surface area contributed by atoms with E-state index >= 15 is 0 Å². The van der Waals surface area contributed by atoms with Gasteiger partial charge in [-0.1, -0.05) is 30.3 Å². The van der Waals surface area contributed by atoms with E-state index in [1.807, 2.05) is 42.1 Å². The number of halogens is 1. The van der Waals surface area contributed by atoms with Crippen molar-refractivity contribution in [3.8, 4) is 5.75 Å². The van der Waals surface area contributed by atoms with Crippen LogP contribution < -0.4 is 10.1 Å². The Kier molecular flexibility index (Phi) is 4.62. The van der Waals surface area contributed by atoms with E-state index in [4.69, 9.17) is 4.74 Å². The van der Waals surface area contributed by atoms with E-state index in [2.05, 4.69) is 10.3 Å². The number of para-hydroxylation sites is 1. The highest BCUT2D eigenvalue weighted by Gasteiger charge is 2.29. The van der Waals surface area contributed by atoms with Crippen LogP contribution in [0.15, 0.2) is 60.9 Å². The van der Waals surface area contributed by atoms with E-state index in [9.17, 15) is 9.18 Å². The molecule has 4 rings (SSSR count). The topological polar surface area (TPSA) is 56.2 Å². The second kappa shape index (κ2) is 7.23. The van der Waals surface area contributed by atoms with Crippen molar-refractivity contribution < 1.29 is 13.9 Å². The minimum atomic E-state index is -0.463. The third kappa shape index (κ3) is 3.56. The van der Waals surface area contributed by atoms with Gasteiger partial charge in [0.05, 0.1) is 5.92 Å². The summed E-state index contributed by atoms with van der Waals surface area (Å²) in [4.78, 5) is 17.3. The standard InChI is InChI=1S/C21H20FN3O2/c1-25-11-10-23-20(25)19(14-6-8-17(22)9-7-14)24-21(26)16-12-15-4-2-3-5-18(15)27-13-16/h2-11,16,19H,12-13H2,1H3,(H,24,26)/t16-,19+/m0/s1. The Morgan fingerprint density at radius 2 is 2.04 bits per heavy atom. The fraction of sp³-hybridized carbons (Fsp3) is 0.238. The minimum absolute atomic E-state index is 0.109. The van der Waals surface area contributed by atoms with Crippen molar-refractivity contribution in [3.63, 3.8) is 0 Å². The zero-order valence-corrected chi connectivity index (χ0v) is 14.9. The third-order valence-electron chi connectivity index (χ3n) is 4.86. The van der Waals surface area contributed by atoms with Gasteiger partial charge in [0, 0.05) is 19.4 Å². The van der Waals surface area contributed by atoms with Crippen molar-refractivity contribution in [1.29, 1.82) is 0 Å². The molecule has 2 aromatic carbocycles. The Morgan fingerprint density at radius 1 is 1.26 bits per heavy atom. The van der Waals surface area contributed by atoms with Gasteiger partial charge in [-0.15, -0.1) is 0 Å². The highest BCUT2D eigenvalue weighted by Crippen LogP contribution is 2.28. The van der Waals surface area contributed by atoms with Crippen LogP contribution >= 0.6 is 0 Å². The van der Waals surface area contributed by atoms with Crippen molar-refractivity contribution in [2.75, 3.05) is 6.61 Å². The average molecular weight is 365 g/mol. The molecule has 1 aliphatic heterocycles. The van der Waals surface area contributed by atoms with Crippen LogP contribution in [0.3, 0.4) is 0 Å². The fourth-order valence-electron chi connectivity index (χ4n) is 3.36. The van der Waals surface area contributed by atoms with Gasteiger partial charge in [-0.3, -0.25) is 4.79 Å². The monoisotopic (exact) mass is 365 g/mol. The van der Waals surface area contributed by atoms with E-state index in [1.165, 1.54) is 12.1 Å². The number of carbonyl (C=O) groups excluding carboxylic acids is 1. The van der Waals surface area contributed by atoms with Gasteiger partial charge < -0.3 is 14.6 Å². The van der Waals surface area contributed by atoms with E-state index < -0.39 is 6.04 Å². The molecule has 0 aliphatic carbocycles. The predicted molar refractivity (Wildman–Crippen MR) is 98.7 cm³/mol. The molecule has 138 valence electrons. The van der Waals surface area contributed by atoms with Crippen LogP contribution in [-0.4, -0.2) is 22.1 Å². The molecular weight excluding hydrogens is 345 g/mol. The summed E-state index contributed by atoms with van der Waals surface area (Å²) in [7, 11) is 1.87. The second-order valence-corrected chi connectivity index (χ2v) is 6.71. The summed E-state index contributed by atoms with van der Waals surface area (Å²) in [5.74, 6) is 0.804. The Morgan fingerprint density at radius 3 is 2.78 bits per heavy atom. The molecule has 0 spiro atoms. The molecule has 0 saturated heterocycles. The number of ether oxygens (including phenoxy) is 1. The lowest BCUT2D eigenvalue weighted by atomic mass is 9.95. The first kappa shape index (κ1) is 17.3. The highest BCUT2D eigenvalue weighted by atomic mass is 19.1. The van der Waals surface area contributed by atoms with Crippen LogP contribution in [0.4, 0.5) is 4.39 Å². The quantitative estimate of drug-likeness (QED) is 0.773. The van der Waals surface area contributed by atoms with Gasteiger partial charge in [0.1, 0.15) is 30.0 Å². The zero-order valence-electron chi connectivity index (χ0n) is 14.9. The number of amides is 1. The molecule has 0 radical (unpaired) electrons. The second-order valence-electron chi connectivity index (χ2n) is 6.71. The number of benzene rings is 2. The molecule has 1 aromatic heterocycles. The molecular formula is C21H20FN3O2. The minimum Gasteiger partial charge on any atom is -0.492 e. The lowest BCUT2D eigenvalue weighted by Gasteiger charge is -2.27. The lowest BCUT2D eigenvalue weighted by molar-refractivity contribution is -0.126. The Bertz CT molecular complexity index is 952. The highest BCUT2D eigenvalue weighted by molar-refractivity contribution is 5.80. The van der Waals surface area contributed by atoms with E-state index in [-0.39, 0.29) is 17.6 Å². The summed E-state index contributed by atoms with van der Waals surface area (Å²) < 4.78 is 20.9. The lowest BCUT2D eigenvalue weighted by Crippen LogP contribution is -2.40. The number of hydrogen-bond donors (Lipinski definition) is 1. The maximum atomic E-state index is 13.3. The van der Waals surface area contributed by atoms with Crippen molar-refractivity contribution in [3.05, 3.63) is 83.7 Å². The number of fused-ring (bicyclic) bond motifs is 1. The SMILES string of the molecule is Cn1ccnc1[C@H](NC(=O)[C@@H]1COc2ccccc2C1)c1ccc(F)cc1. The summed E-state index contributed by atoms with van der Waals surface area (Å²) in [5, 5.41) is 3.07. The normalized spacial score (nSPS) is 16.9. The fourth-order valence-corrected chi connectivity index (χ4v) is 3.36. The van der Waals surface area contributed by atoms with Gasteiger partial charge in [0.2, 0.25) is 5.91 Å². The van der Waals surface area contributed by atoms with Crippen LogP contribution in [0.5, 0.6) is 5.75 Å². The molecule has 0 bridgehead atoms. The van der Waals surface area contributed by atoms with Crippen molar-refractivity contribution >= 4 is 5.91 Å². The summed E-state index contributed by atoms with van der Waals surface area (Å²) in [6, 6.07) is 13.4. The molecule has 1 amide bonds. The first-order chi connectivity index (χ1) is 13.1. The Hall–Kier alpha value is -3.15. The number of imidazole rings is 1. The first-order valence-electron chi connectivity index (χ1n) is 8.85. The molecule has 0 unspecified atom stereocenters. The van der Waals surface area contributed by atoms with Gasteiger partial charge in [0.25, 0.3) is 0 Å². The smallest absolute Gasteiger partial charge is 0.227 e. The van der Waals surface area contributed by atoms with Gasteiger partial charge >= 0.3 is 0 Å². The third-order valence-corrected chi connectivity index (χ3v) is 4.86. The van der Waals surface area contributed by atoms with E-state index in [1.54, 1.807) is 18.3 Å². The maximum Gasteiger partial charge on any atom is 0.227 e. The Labute approximate surface area is 156 Å². The summed E-state index contributed by atoms with van der Waals surface area (Å²) in [6.45, 7) is 0.333. The van der Waals surface area contributed by atoms with Gasteiger partial charge in [-0.05, 0) is 35.7 Å². The largest absolute Gasteiger partial charge is 0.492 e. The summed E-state index contributed by atoms with van der Waals surface area (Å²) >= 11 is 0. The summed E-state index contributed by atoms with van der Waals surface area (Å²) in [5.41, 5.74) is 1.80. The van der Waals surface area contributed by atoms with Gasteiger partial charge in [0.15, 0.2) is 0 Å². The summed E-state index contributed by atoms with van der Waals surface area (Å²) in [6.07, 6.45) is 4.12. The number of aromatic nitrogens is 2. The molecule has 1 aliphatic rings. The first-order valence-corrected chi connectivity index (χ1v) is 8.85. The number of rotatable bonds is 4.